The molecule has 3 N–H and O–H groups in total. The van der Waals surface area contributed by atoms with Crippen LogP contribution in [0.2, 0.25) is 5.02 Å². The molecule has 3 aromatic heterocycles. The highest BCUT2D eigenvalue weighted by Crippen LogP contribution is 2.42. The molecular formula is C41H49ClF4N8O4S. The molecule has 1 aliphatic carbocycles. The van der Waals surface area contributed by atoms with Crippen LogP contribution >= 0.6 is 11.6 Å². The van der Waals surface area contributed by atoms with E-state index in [1.807, 2.05) is 34.6 Å². The fraction of sp³-hybridized carbons (Fsp3) is 0.512. The summed E-state index contributed by atoms with van der Waals surface area (Å²) in [7, 11) is -3.88. The number of pyridine rings is 1. The van der Waals surface area contributed by atoms with Crippen molar-refractivity contribution in [2.45, 2.75) is 109 Å². The number of anilines is 1. The summed E-state index contributed by atoms with van der Waals surface area (Å²) in [6.45, 7) is 13.3. The lowest BCUT2D eigenvalue weighted by atomic mass is 9.84. The third-order valence-electron chi connectivity index (χ3n) is 10.9. The van der Waals surface area contributed by atoms with Crippen LogP contribution in [0.4, 0.5) is 23.4 Å². The molecule has 2 aromatic carbocycles. The summed E-state index contributed by atoms with van der Waals surface area (Å²) in [5, 5.41) is 5.26. The van der Waals surface area contributed by atoms with Crippen molar-refractivity contribution in [2.24, 2.45) is 5.73 Å². The van der Waals surface area contributed by atoms with E-state index in [0.717, 1.165) is 24.5 Å². The van der Waals surface area contributed by atoms with E-state index in [9.17, 15) is 26.0 Å². The number of nitrogens with two attached hydrogens (primary N) is 1. The van der Waals surface area contributed by atoms with Crippen LogP contribution in [0.5, 0.6) is 0 Å². The van der Waals surface area contributed by atoms with E-state index in [0.29, 0.717) is 36.4 Å². The molecule has 0 spiro atoms. The van der Waals surface area contributed by atoms with Crippen LogP contribution in [0.25, 0.3) is 27.6 Å². The molecular weight excluding hydrogens is 812 g/mol. The third-order valence-corrected chi connectivity index (χ3v) is 11.8. The molecule has 0 bridgehead atoms. The zero-order valence-corrected chi connectivity index (χ0v) is 35.6. The van der Waals surface area contributed by atoms with Crippen molar-refractivity contribution in [1.29, 1.82) is 0 Å². The van der Waals surface area contributed by atoms with E-state index in [4.69, 9.17) is 37.1 Å². The number of benzene rings is 2. The lowest BCUT2D eigenvalue weighted by molar-refractivity contribution is -0.181. The van der Waals surface area contributed by atoms with Gasteiger partial charge in [-0.1, -0.05) is 11.6 Å². The molecule has 318 valence electrons. The van der Waals surface area contributed by atoms with Gasteiger partial charge in [0.05, 0.1) is 56.5 Å². The van der Waals surface area contributed by atoms with Gasteiger partial charge in [0.2, 0.25) is 15.9 Å². The molecule has 5 aromatic rings. The van der Waals surface area contributed by atoms with E-state index < -0.39 is 56.4 Å². The zero-order chi connectivity index (χ0) is 43.0. The Hall–Kier alpha value is -4.16. The normalized spacial score (nSPS) is 19.6. The summed E-state index contributed by atoms with van der Waals surface area (Å²) >= 11 is 6.87. The van der Waals surface area contributed by atoms with Crippen molar-refractivity contribution in [3.63, 3.8) is 0 Å². The first kappa shape index (κ1) is 42.9. The second-order valence-corrected chi connectivity index (χ2v) is 19.6. The fourth-order valence-corrected chi connectivity index (χ4v) is 9.73. The molecule has 0 unspecified atom stereocenters. The van der Waals surface area contributed by atoms with E-state index in [2.05, 4.69) is 9.62 Å². The third kappa shape index (κ3) is 9.14. The Morgan fingerprint density at radius 3 is 2.24 bits per heavy atom. The number of morpholine rings is 1. The average Bonchev–Trinajstić information content (AvgIpc) is 3.45. The van der Waals surface area contributed by atoms with E-state index in [1.54, 1.807) is 23.7 Å². The first-order chi connectivity index (χ1) is 27.4. The number of fused-ring (bicyclic) bond motifs is 2. The van der Waals surface area contributed by atoms with Crippen LogP contribution in [-0.2, 0) is 21.2 Å². The van der Waals surface area contributed by atoms with Crippen molar-refractivity contribution < 1.29 is 30.7 Å². The number of hydrogen-bond donors (Lipinski definition) is 2. The maximum Gasteiger partial charge on any atom is 0.268 e. The van der Waals surface area contributed by atoms with Crippen molar-refractivity contribution in [3.05, 3.63) is 86.1 Å². The standard InChI is InChI=1S/C41H49ClF4N8O4S/c1-22-14-30(25-10-12-41(45,46)13-11-25)48-35-32(22)38(55)53(37(49-35)29(47)17-24-15-26(43)18-27(44)16-24)31-9-8-28(42)33-34(31)54(50-36(33)51-59(7,56)57)23(2)19-52-20-39(3,4)58-40(5,6)21-52/h8-9,14-16,18,23,25,29H,10-13,17,19-21,47H2,1-7H3,(H,50,51)/t23-,29-/m0/s1. The number of nitrogens with zero attached hydrogens (tertiary/aromatic N) is 6. The predicted octanol–water partition coefficient (Wildman–Crippen LogP) is 7.73. The number of hydrogen-bond acceptors (Lipinski definition) is 9. The number of rotatable bonds is 10. The molecule has 1 aliphatic heterocycles. The second kappa shape index (κ2) is 15.4. The Kier molecular flexibility index (Phi) is 11.2. The molecule has 2 atom stereocenters. The minimum atomic E-state index is -3.88. The maximum atomic E-state index is 15.1. The highest BCUT2D eigenvalue weighted by atomic mass is 35.5. The molecule has 7 rings (SSSR count). The van der Waals surface area contributed by atoms with Gasteiger partial charge in [-0.2, -0.15) is 5.10 Å². The number of nitrogens with one attached hydrogen (secondary N) is 1. The molecule has 12 nitrogen and oxygen atoms in total. The van der Waals surface area contributed by atoms with Gasteiger partial charge in [-0.25, -0.2) is 35.9 Å². The smallest absolute Gasteiger partial charge is 0.268 e. The fourth-order valence-electron chi connectivity index (χ4n) is 8.99. The van der Waals surface area contributed by atoms with Gasteiger partial charge in [-0.3, -0.25) is 23.7 Å². The van der Waals surface area contributed by atoms with E-state index >= 15 is 4.79 Å². The quantitative estimate of drug-likeness (QED) is 0.135. The molecule has 2 fully saturated rings. The second-order valence-electron chi connectivity index (χ2n) is 17.5. The van der Waals surface area contributed by atoms with Crippen LogP contribution in [0.1, 0.15) is 101 Å². The summed E-state index contributed by atoms with van der Waals surface area (Å²) in [4.78, 5) is 27.0. The summed E-state index contributed by atoms with van der Waals surface area (Å²) in [6.07, 6.45) is 0.660. The van der Waals surface area contributed by atoms with Gasteiger partial charge >= 0.3 is 0 Å². The lowest BCUT2D eigenvalue weighted by Gasteiger charge is -2.47. The van der Waals surface area contributed by atoms with E-state index in [-0.39, 0.29) is 82.4 Å². The molecule has 59 heavy (non-hydrogen) atoms. The van der Waals surface area contributed by atoms with Gasteiger partial charge < -0.3 is 10.5 Å². The molecule has 0 radical (unpaired) electrons. The number of aromatic nitrogens is 5. The topological polar surface area (TPSA) is 150 Å². The van der Waals surface area contributed by atoms with Crippen LogP contribution in [0, 0.1) is 18.6 Å². The first-order valence-electron chi connectivity index (χ1n) is 19.5. The van der Waals surface area contributed by atoms with Gasteiger partial charge in [0, 0.05) is 50.2 Å². The first-order valence-corrected chi connectivity index (χ1v) is 21.8. The van der Waals surface area contributed by atoms with Crippen molar-refractivity contribution in [3.8, 4) is 5.69 Å². The van der Waals surface area contributed by atoms with Crippen LogP contribution < -0.4 is 16.0 Å². The Balaban J connectivity index is 1.46. The van der Waals surface area contributed by atoms with Crippen LogP contribution in [0.3, 0.4) is 0 Å². The Bertz CT molecular complexity index is 2590. The minimum absolute atomic E-state index is 0.0234. The maximum absolute atomic E-state index is 15.1. The predicted molar refractivity (Wildman–Crippen MR) is 220 cm³/mol. The number of alkyl halides is 2. The van der Waals surface area contributed by atoms with Crippen molar-refractivity contribution in [2.75, 3.05) is 30.6 Å². The summed E-state index contributed by atoms with van der Waals surface area (Å²) < 4.78 is 94.3. The number of halogens is 5. The SMILES string of the molecule is Cc1cc(C2CCC(F)(F)CC2)nc2nc([C@@H](N)Cc3cc(F)cc(F)c3)n(-c3ccc(Cl)c4c(NS(C)(=O)=O)nn([C@@H](C)CN5CC(C)(C)OC(C)(C)C5)c34)c(=O)c12. The Morgan fingerprint density at radius 1 is 1.00 bits per heavy atom. The minimum Gasteiger partial charge on any atom is -0.367 e. The largest absolute Gasteiger partial charge is 0.367 e. The zero-order valence-electron chi connectivity index (χ0n) is 34.0. The van der Waals surface area contributed by atoms with E-state index in [1.165, 1.54) is 10.6 Å². The highest BCUT2D eigenvalue weighted by Gasteiger charge is 2.39. The number of aryl methyl sites for hydroxylation is 1. The molecule has 4 heterocycles. The summed E-state index contributed by atoms with van der Waals surface area (Å²) in [5.74, 6) is -4.76. The van der Waals surface area contributed by atoms with Gasteiger partial charge in [-0.05, 0) is 102 Å². The van der Waals surface area contributed by atoms with Crippen LogP contribution in [-0.4, -0.2) is 80.6 Å². The number of ether oxygens (including phenoxy) is 1. The molecule has 18 heteroatoms. The van der Waals surface area contributed by atoms with Gasteiger partial charge in [0.15, 0.2) is 11.5 Å². The molecule has 1 saturated heterocycles. The molecule has 0 amide bonds. The Labute approximate surface area is 345 Å². The number of sulfonamides is 1. The lowest BCUT2D eigenvalue weighted by Crippen LogP contribution is -2.57. The van der Waals surface area contributed by atoms with Crippen LogP contribution in [0.15, 0.2) is 41.2 Å². The highest BCUT2D eigenvalue weighted by molar-refractivity contribution is 7.92. The summed E-state index contributed by atoms with van der Waals surface area (Å²) in [6, 6.07) is 6.24. The monoisotopic (exact) mass is 860 g/mol. The molecule has 1 saturated carbocycles. The van der Waals surface area contributed by atoms with Gasteiger partial charge in [0.1, 0.15) is 17.5 Å². The van der Waals surface area contributed by atoms with Gasteiger partial charge in [-0.15, -0.1) is 0 Å². The average molecular weight is 861 g/mol. The Morgan fingerprint density at radius 2 is 1.63 bits per heavy atom. The van der Waals surface area contributed by atoms with Crippen molar-refractivity contribution in [1.82, 2.24) is 29.2 Å². The van der Waals surface area contributed by atoms with Gasteiger partial charge in [0.25, 0.3) is 5.56 Å². The van der Waals surface area contributed by atoms with Crippen molar-refractivity contribution >= 4 is 49.4 Å². The molecule has 2 aliphatic rings. The summed E-state index contributed by atoms with van der Waals surface area (Å²) in [5.41, 5.74) is 7.11.